The molecule has 4 bridgehead atoms. The van der Waals surface area contributed by atoms with Crippen molar-refractivity contribution in [2.75, 3.05) is 0 Å². The molecular formula is C34H27ClS. The number of hydrogen-bond donors (Lipinski definition) is 0. The third-order valence-corrected chi connectivity index (χ3v) is 11.8. The zero-order chi connectivity index (χ0) is 23.6. The molecule has 1 spiro atoms. The summed E-state index contributed by atoms with van der Waals surface area (Å²) in [4.78, 5) is 0. The highest BCUT2D eigenvalue weighted by atomic mass is 35.5. The van der Waals surface area contributed by atoms with Crippen molar-refractivity contribution >= 4 is 43.1 Å². The Bertz CT molecular complexity index is 1690. The highest BCUT2D eigenvalue weighted by Gasteiger charge is 2.61. The van der Waals surface area contributed by atoms with Crippen LogP contribution in [-0.2, 0) is 5.41 Å². The minimum atomic E-state index is 0.142. The number of benzene rings is 4. The number of fused-ring (bicyclic) bond motifs is 6. The van der Waals surface area contributed by atoms with Crippen LogP contribution >= 0.6 is 22.9 Å². The van der Waals surface area contributed by atoms with Gasteiger partial charge in [-0.3, -0.25) is 0 Å². The average molecular weight is 503 g/mol. The molecule has 0 radical (unpaired) electrons. The Labute approximate surface area is 220 Å². The molecule has 10 rings (SSSR count). The second-order valence-electron chi connectivity index (χ2n) is 11.9. The molecule has 4 aromatic carbocycles. The minimum absolute atomic E-state index is 0.142. The molecule has 2 heteroatoms. The molecule has 5 aliphatic carbocycles. The van der Waals surface area contributed by atoms with Gasteiger partial charge < -0.3 is 0 Å². The molecule has 0 atom stereocenters. The largest absolute Gasteiger partial charge is 0.135 e. The molecule has 4 fully saturated rings. The molecule has 0 nitrogen and oxygen atoms in total. The van der Waals surface area contributed by atoms with Crippen LogP contribution in [0.5, 0.6) is 0 Å². The van der Waals surface area contributed by atoms with Crippen molar-refractivity contribution in [3.05, 3.63) is 95.0 Å². The Hall–Kier alpha value is -2.61. The molecule has 0 N–H and O–H groups in total. The summed E-state index contributed by atoms with van der Waals surface area (Å²) in [5.74, 6) is 3.39. The molecule has 4 saturated carbocycles. The van der Waals surface area contributed by atoms with Crippen LogP contribution in [-0.4, -0.2) is 0 Å². The van der Waals surface area contributed by atoms with Crippen LogP contribution in [0.15, 0.2) is 78.9 Å². The van der Waals surface area contributed by atoms with Gasteiger partial charge in [-0.15, -0.1) is 11.3 Å². The summed E-state index contributed by atoms with van der Waals surface area (Å²) < 4.78 is 2.75. The van der Waals surface area contributed by atoms with Crippen molar-refractivity contribution in [2.24, 2.45) is 23.7 Å². The van der Waals surface area contributed by atoms with E-state index in [2.05, 4.69) is 78.9 Å². The van der Waals surface area contributed by atoms with Gasteiger partial charge >= 0.3 is 0 Å². The van der Waals surface area contributed by atoms with Gasteiger partial charge in [-0.1, -0.05) is 66.2 Å². The van der Waals surface area contributed by atoms with E-state index >= 15 is 0 Å². The van der Waals surface area contributed by atoms with E-state index in [0.717, 1.165) is 28.7 Å². The SMILES string of the molecule is Clc1cccc2c1-c1ccc(-c3cccc4sc5ccccc5c34)cc1C21C2CC3CC(C2)CC1C3. The standard InChI is InChI=1S/C34H27ClS/c35-29-8-4-7-27-33(29)25-12-11-21(24-6-3-10-31-32(24)26-5-1-2-9-30(26)36-31)18-28(25)34(27)22-14-19-13-20(16-22)17-23(34)15-19/h1-12,18-20,22-23H,13-17H2. The fourth-order valence-electron chi connectivity index (χ4n) is 9.38. The van der Waals surface area contributed by atoms with Gasteiger partial charge in [0, 0.05) is 36.2 Å². The van der Waals surface area contributed by atoms with E-state index in [9.17, 15) is 0 Å². The van der Waals surface area contributed by atoms with E-state index in [1.807, 2.05) is 11.3 Å². The molecule has 0 saturated heterocycles. The van der Waals surface area contributed by atoms with Crippen LogP contribution in [0.4, 0.5) is 0 Å². The highest BCUT2D eigenvalue weighted by molar-refractivity contribution is 7.25. The van der Waals surface area contributed by atoms with Gasteiger partial charge in [0.2, 0.25) is 0 Å². The quantitative estimate of drug-likeness (QED) is 0.214. The molecule has 1 aromatic heterocycles. The molecular weight excluding hydrogens is 476 g/mol. The van der Waals surface area contributed by atoms with Crippen LogP contribution in [0.1, 0.15) is 43.2 Å². The summed E-state index contributed by atoms with van der Waals surface area (Å²) in [5.41, 5.74) is 8.71. The van der Waals surface area contributed by atoms with Crippen LogP contribution in [0, 0.1) is 23.7 Å². The van der Waals surface area contributed by atoms with E-state index in [0.29, 0.717) is 0 Å². The summed E-state index contributed by atoms with van der Waals surface area (Å²) in [7, 11) is 0. The first-order chi connectivity index (χ1) is 17.7. The van der Waals surface area contributed by atoms with Gasteiger partial charge in [0.1, 0.15) is 0 Å². The van der Waals surface area contributed by atoms with Crippen molar-refractivity contribution in [3.8, 4) is 22.3 Å². The predicted molar refractivity (Wildman–Crippen MR) is 153 cm³/mol. The maximum absolute atomic E-state index is 6.98. The van der Waals surface area contributed by atoms with E-state index in [4.69, 9.17) is 11.6 Å². The second-order valence-corrected chi connectivity index (χ2v) is 13.4. The highest BCUT2D eigenvalue weighted by Crippen LogP contribution is 2.70. The van der Waals surface area contributed by atoms with Gasteiger partial charge in [-0.25, -0.2) is 0 Å². The molecule has 0 unspecified atom stereocenters. The molecule has 0 amide bonds. The molecule has 0 aliphatic heterocycles. The first-order valence-electron chi connectivity index (χ1n) is 13.6. The number of halogens is 1. The smallest absolute Gasteiger partial charge is 0.0487 e. The van der Waals surface area contributed by atoms with Gasteiger partial charge in [-0.05, 0) is 108 Å². The Balaban J connectivity index is 1.33. The summed E-state index contributed by atoms with van der Waals surface area (Å²) in [5, 5.41) is 3.72. The van der Waals surface area contributed by atoms with E-state index in [1.54, 1.807) is 5.56 Å². The normalized spacial score (nSPS) is 29.4. The summed E-state index contributed by atoms with van der Waals surface area (Å²) in [6.07, 6.45) is 7.06. The monoisotopic (exact) mass is 502 g/mol. The molecule has 5 aliphatic rings. The van der Waals surface area contributed by atoms with Gasteiger partial charge in [-0.2, -0.15) is 0 Å². The lowest BCUT2D eigenvalue weighted by Crippen LogP contribution is -2.55. The maximum Gasteiger partial charge on any atom is 0.0487 e. The van der Waals surface area contributed by atoms with E-state index in [1.165, 1.54) is 80.1 Å². The molecule has 1 heterocycles. The molecule has 5 aromatic rings. The lowest BCUT2D eigenvalue weighted by Gasteiger charge is -2.61. The van der Waals surface area contributed by atoms with Crippen LogP contribution in [0.2, 0.25) is 5.02 Å². The predicted octanol–water partition coefficient (Wildman–Crippen LogP) is 10.1. The Kier molecular flexibility index (Phi) is 3.99. The van der Waals surface area contributed by atoms with Gasteiger partial charge in [0.25, 0.3) is 0 Å². The number of hydrogen-bond acceptors (Lipinski definition) is 1. The third-order valence-electron chi connectivity index (χ3n) is 10.3. The van der Waals surface area contributed by atoms with E-state index in [-0.39, 0.29) is 5.41 Å². The van der Waals surface area contributed by atoms with Gasteiger partial charge in [0.15, 0.2) is 0 Å². The minimum Gasteiger partial charge on any atom is -0.135 e. The maximum atomic E-state index is 6.98. The number of rotatable bonds is 1. The Morgan fingerprint density at radius 3 is 2.25 bits per heavy atom. The fraction of sp³-hybridized carbons (Fsp3) is 0.294. The zero-order valence-corrected chi connectivity index (χ0v) is 21.7. The van der Waals surface area contributed by atoms with E-state index < -0.39 is 0 Å². The average Bonchev–Trinajstić information content (AvgIpc) is 3.41. The second kappa shape index (κ2) is 7.03. The van der Waals surface area contributed by atoms with Crippen LogP contribution in [0.25, 0.3) is 42.4 Å². The summed E-state index contributed by atoms with van der Waals surface area (Å²) >= 11 is 8.89. The molecule has 176 valence electrons. The fourth-order valence-corrected chi connectivity index (χ4v) is 10.8. The van der Waals surface area contributed by atoms with Crippen molar-refractivity contribution in [2.45, 2.75) is 37.5 Å². The Morgan fingerprint density at radius 2 is 1.42 bits per heavy atom. The first-order valence-corrected chi connectivity index (χ1v) is 14.8. The van der Waals surface area contributed by atoms with Crippen molar-refractivity contribution < 1.29 is 0 Å². The first kappa shape index (κ1) is 20.4. The lowest BCUT2D eigenvalue weighted by molar-refractivity contribution is -0.0399. The summed E-state index contributed by atoms with van der Waals surface area (Å²) in [6.45, 7) is 0. The van der Waals surface area contributed by atoms with Crippen molar-refractivity contribution in [1.82, 2.24) is 0 Å². The number of thiophene rings is 1. The lowest BCUT2D eigenvalue weighted by atomic mass is 9.43. The van der Waals surface area contributed by atoms with Gasteiger partial charge in [0.05, 0.1) is 0 Å². The topological polar surface area (TPSA) is 0 Å². The van der Waals surface area contributed by atoms with Crippen molar-refractivity contribution in [1.29, 1.82) is 0 Å². The summed E-state index contributed by atoms with van der Waals surface area (Å²) in [6, 6.07) is 29.8. The van der Waals surface area contributed by atoms with Crippen LogP contribution < -0.4 is 0 Å². The van der Waals surface area contributed by atoms with Crippen molar-refractivity contribution in [3.63, 3.8) is 0 Å². The Morgan fingerprint density at radius 1 is 0.667 bits per heavy atom. The molecule has 36 heavy (non-hydrogen) atoms. The third kappa shape index (κ3) is 2.42. The van der Waals surface area contributed by atoms with Crippen LogP contribution in [0.3, 0.4) is 0 Å². The zero-order valence-electron chi connectivity index (χ0n) is 20.1.